The number of halogens is 1. The third-order valence-corrected chi connectivity index (χ3v) is 8.36. The van der Waals surface area contributed by atoms with Crippen LogP contribution in [0.5, 0.6) is 0 Å². The Labute approximate surface area is 179 Å². The zero-order valence-electron chi connectivity index (χ0n) is 16.6. The molecule has 0 aliphatic carbocycles. The molecule has 29 heavy (non-hydrogen) atoms. The molecular weight excluding hydrogens is 430 g/mol. The van der Waals surface area contributed by atoms with E-state index in [1.165, 1.54) is 39.9 Å². The van der Waals surface area contributed by atoms with Gasteiger partial charge < -0.3 is 4.57 Å². The average Bonchev–Trinajstić information content (AvgIpc) is 3.01. The van der Waals surface area contributed by atoms with E-state index < -0.39 is 15.9 Å². The molecule has 0 unspecified atom stereocenters. The molecule has 6 nitrogen and oxygen atoms in total. The van der Waals surface area contributed by atoms with Crippen molar-refractivity contribution in [2.24, 2.45) is 12.0 Å². The maximum Gasteiger partial charge on any atom is 0.279 e. The van der Waals surface area contributed by atoms with Crippen LogP contribution in [0.2, 0.25) is 5.02 Å². The van der Waals surface area contributed by atoms with Crippen molar-refractivity contribution in [3.63, 3.8) is 0 Å². The van der Waals surface area contributed by atoms with E-state index in [9.17, 15) is 13.2 Å². The first-order valence-corrected chi connectivity index (χ1v) is 11.8. The van der Waals surface area contributed by atoms with Gasteiger partial charge in [0.05, 0.1) is 15.1 Å². The third kappa shape index (κ3) is 4.02. The Morgan fingerprint density at radius 3 is 2.34 bits per heavy atom. The molecule has 0 N–H and O–H groups in total. The highest BCUT2D eigenvalue weighted by atomic mass is 35.5. The molecule has 0 spiro atoms. The van der Waals surface area contributed by atoms with Gasteiger partial charge >= 0.3 is 0 Å². The topological polar surface area (TPSA) is 71.7 Å². The minimum atomic E-state index is -3.56. The highest BCUT2D eigenvalue weighted by Crippen LogP contribution is 2.26. The highest BCUT2D eigenvalue weighted by Gasteiger charge is 2.21. The first-order valence-electron chi connectivity index (χ1n) is 9.14. The molecule has 0 aliphatic rings. The number of carbonyl (C=O) groups excluding carboxylic acids is 1. The summed E-state index contributed by atoms with van der Waals surface area (Å²) >= 11 is 7.61. The Bertz CT molecular complexity index is 1240. The molecule has 1 heterocycles. The van der Waals surface area contributed by atoms with Crippen molar-refractivity contribution >= 4 is 49.1 Å². The molecule has 0 fully saturated rings. The van der Waals surface area contributed by atoms with Gasteiger partial charge in [0.2, 0.25) is 10.0 Å². The van der Waals surface area contributed by atoms with Crippen LogP contribution in [0.3, 0.4) is 0 Å². The van der Waals surface area contributed by atoms with Gasteiger partial charge in [-0.15, -0.1) is 0 Å². The van der Waals surface area contributed by atoms with Crippen molar-refractivity contribution in [1.82, 2.24) is 8.87 Å². The third-order valence-electron chi connectivity index (χ3n) is 4.79. The van der Waals surface area contributed by atoms with Crippen LogP contribution < -0.4 is 4.80 Å². The van der Waals surface area contributed by atoms with Crippen LogP contribution in [-0.2, 0) is 17.1 Å². The van der Waals surface area contributed by atoms with Gasteiger partial charge in [-0.3, -0.25) is 4.79 Å². The Hall–Kier alpha value is -2.00. The molecule has 3 aromatic rings. The van der Waals surface area contributed by atoms with E-state index >= 15 is 0 Å². The van der Waals surface area contributed by atoms with E-state index in [-0.39, 0.29) is 4.90 Å². The summed E-state index contributed by atoms with van der Waals surface area (Å²) in [5, 5.41) is 0.661. The monoisotopic (exact) mass is 451 g/mol. The first-order chi connectivity index (χ1) is 13.7. The Morgan fingerprint density at radius 1 is 1.14 bits per heavy atom. The van der Waals surface area contributed by atoms with Crippen LogP contribution in [0.4, 0.5) is 0 Å². The quantitative estimate of drug-likeness (QED) is 0.589. The Morgan fingerprint density at radius 2 is 1.76 bits per heavy atom. The summed E-state index contributed by atoms with van der Waals surface area (Å²) in [6.07, 6.45) is 0. The highest BCUT2D eigenvalue weighted by molar-refractivity contribution is 7.89. The molecule has 0 radical (unpaired) electrons. The van der Waals surface area contributed by atoms with Crippen molar-refractivity contribution in [3.8, 4) is 0 Å². The predicted octanol–water partition coefficient (Wildman–Crippen LogP) is 3.97. The maximum atomic E-state index is 12.6. The number of fused-ring (bicyclic) bond motifs is 1. The van der Waals surface area contributed by atoms with E-state index in [2.05, 4.69) is 4.99 Å². The smallest absolute Gasteiger partial charge is 0.279 e. The molecule has 9 heteroatoms. The normalized spacial score (nSPS) is 12.8. The van der Waals surface area contributed by atoms with E-state index in [0.29, 0.717) is 28.5 Å². The fraction of sp³-hybridized carbons (Fsp3) is 0.300. The van der Waals surface area contributed by atoms with Gasteiger partial charge in [0.1, 0.15) is 0 Å². The number of rotatable bonds is 5. The summed E-state index contributed by atoms with van der Waals surface area (Å²) in [5.41, 5.74) is 2.20. The van der Waals surface area contributed by atoms with Gasteiger partial charge in [-0.2, -0.15) is 9.30 Å². The largest absolute Gasteiger partial charge is 0.319 e. The summed E-state index contributed by atoms with van der Waals surface area (Å²) in [6.45, 7) is 6.29. The van der Waals surface area contributed by atoms with Crippen molar-refractivity contribution in [2.75, 3.05) is 13.1 Å². The SMILES string of the molecule is CCN(CC)S(=O)(=O)c1ccc(C(=O)N=c2sc3ccc(Cl)c(C)c3n2C)cc1. The second-order valence-corrected chi connectivity index (χ2v) is 9.85. The molecule has 154 valence electrons. The fourth-order valence-electron chi connectivity index (χ4n) is 3.14. The van der Waals surface area contributed by atoms with Gasteiger partial charge in [0.15, 0.2) is 4.80 Å². The number of sulfonamides is 1. The number of hydrogen-bond donors (Lipinski definition) is 0. The molecule has 0 bridgehead atoms. The lowest BCUT2D eigenvalue weighted by atomic mass is 10.2. The number of benzene rings is 2. The predicted molar refractivity (Wildman–Crippen MR) is 117 cm³/mol. The van der Waals surface area contributed by atoms with Gasteiger partial charge in [0, 0.05) is 30.7 Å². The molecule has 1 amide bonds. The second-order valence-electron chi connectivity index (χ2n) is 6.49. The zero-order valence-corrected chi connectivity index (χ0v) is 19.0. The second kappa shape index (κ2) is 8.39. The van der Waals surface area contributed by atoms with Gasteiger partial charge in [0.25, 0.3) is 5.91 Å². The van der Waals surface area contributed by atoms with Crippen LogP contribution in [0, 0.1) is 6.92 Å². The van der Waals surface area contributed by atoms with Crippen LogP contribution in [-0.4, -0.2) is 36.3 Å². The van der Waals surface area contributed by atoms with Crippen molar-refractivity contribution in [2.45, 2.75) is 25.7 Å². The van der Waals surface area contributed by atoms with E-state index in [0.717, 1.165) is 15.8 Å². The minimum absolute atomic E-state index is 0.162. The van der Waals surface area contributed by atoms with Gasteiger partial charge in [-0.25, -0.2) is 8.42 Å². The summed E-state index contributed by atoms with van der Waals surface area (Å²) in [4.78, 5) is 17.6. The lowest BCUT2D eigenvalue weighted by molar-refractivity contribution is 0.0998. The van der Waals surface area contributed by atoms with Crippen LogP contribution in [0.15, 0.2) is 46.3 Å². The standard InChI is InChI=1S/C20H22ClN3O3S2/c1-5-24(6-2)29(26,27)15-9-7-14(8-10-15)19(25)22-20-23(4)18-13(3)16(21)11-12-17(18)28-20/h7-12H,5-6H2,1-4H3. The summed E-state index contributed by atoms with van der Waals surface area (Å²) < 4.78 is 29.4. The lowest BCUT2D eigenvalue weighted by Crippen LogP contribution is -2.30. The molecular formula is C20H22ClN3O3S2. The number of aryl methyl sites for hydroxylation is 2. The van der Waals surface area contributed by atoms with Gasteiger partial charge in [-0.1, -0.05) is 36.8 Å². The number of thiazole rings is 1. The maximum absolute atomic E-state index is 12.6. The number of nitrogens with zero attached hydrogens (tertiary/aromatic N) is 3. The van der Waals surface area contributed by atoms with E-state index in [4.69, 9.17) is 11.6 Å². The number of hydrogen-bond acceptors (Lipinski definition) is 4. The first kappa shape index (κ1) is 21.7. The number of carbonyl (C=O) groups is 1. The minimum Gasteiger partial charge on any atom is -0.319 e. The van der Waals surface area contributed by atoms with Crippen molar-refractivity contribution < 1.29 is 13.2 Å². The number of aromatic nitrogens is 1. The molecule has 0 saturated heterocycles. The van der Waals surface area contributed by atoms with Crippen molar-refractivity contribution in [3.05, 3.63) is 57.3 Å². The molecule has 0 atom stereocenters. The van der Waals surface area contributed by atoms with E-state index in [1.54, 1.807) is 13.8 Å². The molecule has 3 rings (SSSR count). The fourth-order valence-corrected chi connectivity index (χ4v) is 5.83. The zero-order chi connectivity index (χ0) is 21.3. The van der Waals surface area contributed by atoms with Crippen LogP contribution >= 0.6 is 22.9 Å². The van der Waals surface area contributed by atoms with Gasteiger partial charge in [-0.05, 0) is 48.9 Å². The van der Waals surface area contributed by atoms with Crippen LogP contribution in [0.25, 0.3) is 10.2 Å². The van der Waals surface area contributed by atoms with Crippen LogP contribution in [0.1, 0.15) is 29.8 Å². The number of amides is 1. The lowest BCUT2D eigenvalue weighted by Gasteiger charge is -2.18. The Balaban J connectivity index is 1.97. The van der Waals surface area contributed by atoms with Crippen molar-refractivity contribution in [1.29, 1.82) is 0 Å². The molecule has 1 aromatic heterocycles. The van der Waals surface area contributed by atoms with E-state index in [1.807, 2.05) is 30.7 Å². The summed E-state index contributed by atoms with van der Waals surface area (Å²) in [6, 6.07) is 9.63. The molecule has 0 saturated carbocycles. The average molecular weight is 452 g/mol. The molecule has 0 aliphatic heterocycles. The Kier molecular flexibility index (Phi) is 6.28. The summed E-state index contributed by atoms with van der Waals surface area (Å²) in [7, 11) is -1.72. The summed E-state index contributed by atoms with van der Waals surface area (Å²) in [5.74, 6) is -0.428. The molecule has 2 aromatic carbocycles.